The Bertz CT molecular complexity index is 715. The molecule has 0 N–H and O–H groups in total. The predicted molar refractivity (Wildman–Crippen MR) is 90.4 cm³/mol. The van der Waals surface area contributed by atoms with Crippen LogP contribution in [0.4, 0.5) is 8.78 Å². The van der Waals surface area contributed by atoms with Crippen molar-refractivity contribution in [3.8, 4) is 0 Å². The van der Waals surface area contributed by atoms with E-state index in [1.807, 2.05) is 56.3 Å². The van der Waals surface area contributed by atoms with Crippen LogP contribution < -0.4 is 0 Å². The van der Waals surface area contributed by atoms with Gasteiger partial charge in [-0.25, -0.2) is 13.8 Å². The van der Waals surface area contributed by atoms with Crippen molar-refractivity contribution in [2.45, 2.75) is 13.8 Å². The highest BCUT2D eigenvalue weighted by Gasteiger charge is 2.21. The van der Waals surface area contributed by atoms with Crippen molar-refractivity contribution in [1.82, 2.24) is 9.88 Å². The third kappa shape index (κ3) is 4.98. The van der Waals surface area contributed by atoms with E-state index in [4.69, 9.17) is 0 Å². The van der Waals surface area contributed by atoms with E-state index in [1.54, 1.807) is 0 Å². The molecule has 0 spiro atoms. The normalized spacial score (nSPS) is 11.2. The van der Waals surface area contributed by atoms with Crippen molar-refractivity contribution in [3.05, 3.63) is 71.6 Å². The molecule has 0 bridgehead atoms. The molecule has 0 fully saturated rings. The van der Waals surface area contributed by atoms with Gasteiger partial charge in [0.25, 0.3) is 5.91 Å². The lowest BCUT2D eigenvalue weighted by molar-refractivity contribution is 0.0745. The van der Waals surface area contributed by atoms with E-state index in [0.717, 1.165) is 11.8 Å². The summed E-state index contributed by atoms with van der Waals surface area (Å²) in [5.41, 5.74) is 0.658. The molecule has 3 nitrogen and oxygen atoms in total. The number of hydrogen-bond acceptors (Lipinski definition) is 2. The van der Waals surface area contributed by atoms with Crippen molar-refractivity contribution in [3.63, 3.8) is 0 Å². The van der Waals surface area contributed by atoms with E-state index in [1.165, 1.54) is 4.90 Å². The van der Waals surface area contributed by atoms with Gasteiger partial charge in [0, 0.05) is 19.2 Å². The van der Waals surface area contributed by atoms with Crippen LogP contribution in [-0.2, 0) is 0 Å². The summed E-state index contributed by atoms with van der Waals surface area (Å²) in [5, 5.41) is 0. The van der Waals surface area contributed by atoms with E-state index in [-0.39, 0.29) is 11.6 Å². The average Bonchev–Trinajstić information content (AvgIpc) is 2.54. The summed E-state index contributed by atoms with van der Waals surface area (Å²) in [6.07, 6.45) is 4.59. The Labute approximate surface area is 140 Å². The van der Waals surface area contributed by atoms with Crippen molar-refractivity contribution in [2.75, 3.05) is 13.1 Å². The van der Waals surface area contributed by atoms with Crippen molar-refractivity contribution >= 4 is 12.0 Å². The zero-order valence-electron chi connectivity index (χ0n) is 13.7. The number of amides is 1. The summed E-state index contributed by atoms with van der Waals surface area (Å²) in [6, 6.07) is 10.4. The Morgan fingerprint density at radius 2 is 1.96 bits per heavy atom. The molecule has 0 atom stereocenters. The van der Waals surface area contributed by atoms with E-state index < -0.39 is 17.5 Å². The van der Waals surface area contributed by atoms with Gasteiger partial charge in [0.05, 0.1) is 6.20 Å². The molecule has 2 rings (SSSR count). The highest BCUT2D eigenvalue weighted by molar-refractivity contribution is 5.92. The van der Waals surface area contributed by atoms with Crippen LogP contribution in [0.1, 0.15) is 29.9 Å². The molecular formula is C19H20F2N2O. The minimum Gasteiger partial charge on any atom is -0.333 e. The molecule has 0 saturated carbocycles. The van der Waals surface area contributed by atoms with Crippen LogP contribution in [0.2, 0.25) is 0 Å². The van der Waals surface area contributed by atoms with E-state index in [2.05, 4.69) is 4.98 Å². The summed E-state index contributed by atoms with van der Waals surface area (Å²) >= 11 is 0. The molecular weight excluding hydrogens is 310 g/mol. The standard InChI is InChI=1S/C19H20F2N2O/c1-14(2)13-23(10-6-9-15-7-4-3-5-8-15)19(24)18-17(21)11-16(20)12-22-18/h3-9,11-12,14H,10,13H2,1-2H3. The molecule has 0 aliphatic rings. The molecule has 0 aliphatic heterocycles. The number of aromatic nitrogens is 1. The summed E-state index contributed by atoms with van der Waals surface area (Å²) in [5.74, 6) is -2.08. The Morgan fingerprint density at radius 1 is 1.25 bits per heavy atom. The van der Waals surface area contributed by atoms with Crippen LogP contribution in [0.3, 0.4) is 0 Å². The molecule has 0 aliphatic carbocycles. The van der Waals surface area contributed by atoms with Crippen LogP contribution >= 0.6 is 0 Å². The lowest BCUT2D eigenvalue weighted by atomic mass is 10.1. The Hall–Kier alpha value is -2.56. The highest BCUT2D eigenvalue weighted by atomic mass is 19.1. The van der Waals surface area contributed by atoms with Gasteiger partial charge in [-0.1, -0.05) is 56.3 Å². The first kappa shape index (κ1) is 17.8. The van der Waals surface area contributed by atoms with Gasteiger partial charge in [0.15, 0.2) is 11.5 Å². The summed E-state index contributed by atoms with van der Waals surface area (Å²) in [4.78, 5) is 17.6. The number of halogens is 2. The van der Waals surface area contributed by atoms with E-state index in [0.29, 0.717) is 19.2 Å². The molecule has 1 amide bonds. The molecule has 24 heavy (non-hydrogen) atoms. The molecule has 5 heteroatoms. The number of benzene rings is 1. The number of pyridine rings is 1. The number of hydrogen-bond donors (Lipinski definition) is 0. The lowest BCUT2D eigenvalue weighted by Crippen LogP contribution is -2.35. The predicted octanol–water partition coefficient (Wildman–Crippen LogP) is 4.17. The third-order valence-corrected chi connectivity index (χ3v) is 3.32. The van der Waals surface area contributed by atoms with Crippen LogP contribution in [-0.4, -0.2) is 28.9 Å². The highest BCUT2D eigenvalue weighted by Crippen LogP contribution is 2.11. The fraction of sp³-hybridized carbons (Fsp3) is 0.263. The average molecular weight is 330 g/mol. The first-order chi connectivity index (χ1) is 11.5. The lowest BCUT2D eigenvalue weighted by Gasteiger charge is -2.23. The molecule has 0 saturated heterocycles. The zero-order valence-corrected chi connectivity index (χ0v) is 13.7. The van der Waals surface area contributed by atoms with Gasteiger partial charge < -0.3 is 4.90 Å². The second-order valence-corrected chi connectivity index (χ2v) is 5.90. The molecule has 1 heterocycles. The molecule has 1 aromatic carbocycles. The maximum atomic E-state index is 13.8. The summed E-state index contributed by atoms with van der Waals surface area (Å²) in [7, 11) is 0. The fourth-order valence-electron chi connectivity index (χ4n) is 2.28. The van der Waals surface area contributed by atoms with Gasteiger partial charge in [0.1, 0.15) is 5.82 Å². The first-order valence-corrected chi connectivity index (χ1v) is 7.79. The van der Waals surface area contributed by atoms with Gasteiger partial charge in [-0.05, 0) is 11.5 Å². The second-order valence-electron chi connectivity index (χ2n) is 5.90. The summed E-state index contributed by atoms with van der Waals surface area (Å²) in [6.45, 7) is 4.71. The number of carbonyl (C=O) groups is 1. The number of rotatable bonds is 6. The van der Waals surface area contributed by atoms with Gasteiger partial charge in [-0.2, -0.15) is 0 Å². The summed E-state index contributed by atoms with van der Waals surface area (Å²) < 4.78 is 26.8. The molecule has 0 unspecified atom stereocenters. The van der Waals surface area contributed by atoms with Crippen molar-refractivity contribution < 1.29 is 13.6 Å². The van der Waals surface area contributed by atoms with Crippen LogP contribution in [0.15, 0.2) is 48.7 Å². The van der Waals surface area contributed by atoms with Crippen LogP contribution in [0, 0.1) is 17.6 Å². The second kappa shape index (κ2) is 8.34. The minimum atomic E-state index is -0.944. The first-order valence-electron chi connectivity index (χ1n) is 7.79. The maximum absolute atomic E-state index is 13.8. The monoisotopic (exact) mass is 330 g/mol. The van der Waals surface area contributed by atoms with E-state index in [9.17, 15) is 13.6 Å². The molecule has 0 radical (unpaired) electrons. The van der Waals surface area contributed by atoms with Crippen LogP contribution in [0.5, 0.6) is 0 Å². The van der Waals surface area contributed by atoms with E-state index >= 15 is 0 Å². The Morgan fingerprint density at radius 3 is 2.58 bits per heavy atom. The molecule has 2 aromatic rings. The number of carbonyl (C=O) groups excluding carboxylic acids is 1. The smallest absolute Gasteiger partial charge is 0.275 e. The van der Waals surface area contributed by atoms with Crippen molar-refractivity contribution in [1.29, 1.82) is 0 Å². The minimum absolute atomic E-state index is 0.211. The zero-order chi connectivity index (χ0) is 17.5. The van der Waals surface area contributed by atoms with Crippen LogP contribution in [0.25, 0.3) is 6.08 Å². The topological polar surface area (TPSA) is 33.2 Å². The molecule has 126 valence electrons. The molecule has 1 aromatic heterocycles. The number of nitrogens with zero attached hydrogens (tertiary/aromatic N) is 2. The SMILES string of the molecule is CC(C)CN(CC=Cc1ccccc1)C(=O)c1ncc(F)cc1F. The fourth-order valence-corrected chi connectivity index (χ4v) is 2.28. The maximum Gasteiger partial charge on any atom is 0.275 e. The third-order valence-electron chi connectivity index (χ3n) is 3.32. The van der Waals surface area contributed by atoms with Gasteiger partial charge in [-0.3, -0.25) is 4.79 Å². The van der Waals surface area contributed by atoms with Gasteiger partial charge in [-0.15, -0.1) is 0 Å². The Kier molecular flexibility index (Phi) is 6.18. The van der Waals surface area contributed by atoms with Crippen molar-refractivity contribution in [2.24, 2.45) is 5.92 Å². The van der Waals surface area contributed by atoms with Gasteiger partial charge in [0.2, 0.25) is 0 Å². The quantitative estimate of drug-likeness (QED) is 0.796. The largest absolute Gasteiger partial charge is 0.333 e. The Balaban J connectivity index is 2.15. The van der Waals surface area contributed by atoms with Gasteiger partial charge >= 0.3 is 0 Å².